The molecule has 30 heavy (non-hydrogen) atoms. The fraction of sp³-hybridized carbons (Fsp3) is 0.421. The molecule has 2 aromatic heterocycles. The van der Waals surface area contributed by atoms with Crippen LogP contribution in [0.1, 0.15) is 31.2 Å². The van der Waals surface area contributed by atoms with Crippen LogP contribution in [-0.2, 0) is 6.54 Å². The lowest BCUT2D eigenvalue weighted by Gasteiger charge is -2.11. The minimum Gasteiger partial charge on any atom is -0.365 e. The van der Waals surface area contributed by atoms with Gasteiger partial charge in [0.1, 0.15) is 6.54 Å². The Morgan fingerprint density at radius 2 is 2.00 bits per heavy atom. The number of hydrogen-bond donors (Lipinski definition) is 1. The van der Waals surface area contributed by atoms with Gasteiger partial charge in [-0.15, -0.1) is 0 Å². The van der Waals surface area contributed by atoms with Crippen LogP contribution in [0.5, 0.6) is 0 Å². The molecule has 2 atom stereocenters. The van der Waals surface area contributed by atoms with Crippen LogP contribution in [0.4, 0.5) is 27.8 Å². The number of halogens is 5. The van der Waals surface area contributed by atoms with Gasteiger partial charge in [-0.25, -0.2) is 23.7 Å². The average Bonchev–Trinajstić information content (AvgIpc) is 3.33. The molecule has 0 bridgehead atoms. The van der Waals surface area contributed by atoms with Gasteiger partial charge < -0.3 is 9.88 Å². The molecule has 0 radical (unpaired) electrons. The summed E-state index contributed by atoms with van der Waals surface area (Å²) in [6.07, 6.45) is -1.78. The van der Waals surface area contributed by atoms with Gasteiger partial charge in [0.05, 0.1) is 6.33 Å². The van der Waals surface area contributed by atoms with Crippen molar-refractivity contribution in [3.63, 3.8) is 0 Å². The van der Waals surface area contributed by atoms with Crippen molar-refractivity contribution in [3.8, 4) is 0 Å². The van der Waals surface area contributed by atoms with E-state index in [1.165, 1.54) is 17.8 Å². The van der Waals surface area contributed by atoms with Gasteiger partial charge in [0.2, 0.25) is 0 Å². The Morgan fingerprint density at radius 1 is 1.20 bits per heavy atom. The molecule has 1 aliphatic carbocycles. The van der Waals surface area contributed by atoms with Crippen molar-refractivity contribution in [1.82, 2.24) is 19.5 Å². The third kappa shape index (κ3) is 4.50. The highest BCUT2D eigenvalue weighted by Crippen LogP contribution is 2.43. The molecule has 11 heteroatoms. The predicted molar refractivity (Wildman–Crippen MR) is 104 cm³/mol. The summed E-state index contributed by atoms with van der Waals surface area (Å²) in [5.74, 6) is -0.802. The molecule has 1 aromatic carbocycles. The molecule has 5 nitrogen and oxygen atoms in total. The van der Waals surface area contributed by atoms with Gasteiger partial charge in [-0.2, -0.15) is 13.2 Å². The number of thioether (sulfide) groups is 1. The maximum atomic E-state index is 13.5. The van der Waals surface area contributed by atoms with E-state index in [1.807, 2.05) is 6.92 Å². The van der Waals surface area contributed by atoms with Crippen LogP contribution in [0.3, 0.4) is 0 Å². The number of nitrogens with zero attached hydrogens (tertiary/aromatic N) is 4. The summed E-state index contributed by atoms with van der Waals surface area (Å²) in [5, 5.41) is 3.56. The monoisotopic (exact) mass is 443 g/mol. The van der Waals surface area contributed by atoms with E-state index in [0.29, 0.717) is 23.0 Å². The van der Waals surface area contributed by atoms with E-state index in [0.717, 1.165) is 35.2 Å². The quantitative estimate of drug-likeness (QED) is 0.311. The van der Waals surface area contributed by atoms with Crippen molar-refractivity contribution in [2.24, 2.45) is 0 Å². The van der Waals surface area contributed by atoms with E-state index in [4.69, 9.17) is 0 Å². The van der Waals surface area contributed by atoms with Crippen LogP contribution in [0.2, 0.25) is 0 Å². The van der Waals surface area contributed by atoms with Gasteiger partial charge >= 0.3 is 6.18 Å². The topological polar surface area (TPSA) is 55.6 Å². The summed E-state index contributed by atoms with van der Waals surface area (Å²) in [6.45, 7) is 0.786. The lowest BCUT2D eigenvalue weighted by Crippen LogP contribution is -2.17. The van der Waals surface area contributed by atoms with Crippen LogP contribution >= 0.6 is 11.8 Å². The molecule has 1 fully saturated rings. The Bertz CT molecular complexity index is 1070. The number of alkyl halides is 3. The maximum Gasteiger partial charge on any atom is 0.406 e. The molecule has 0 spiro atoms. The minimum atomic E-state index is -4.41. The molecule has 1 aliphatic rings. The van der Waals surface area contributed by atoms with Crippen molar-refractivity contribution >= 4 is 28.7 Å². The van der Waals surface area contributed by atoms with Crippen LogP contribution in [-0.4, -0.2) is 37.5 Å². The third-order valence-electron chi connectivity index (χ3n) is 4.71. The van der Waals surface area contributed by atoms with Crippen molar-refractivity contribution < 1.29 is 22.0 Å². The first kappa shape index (κ1) is 20.8. The summed E-state index contributed by atoms with van der Waals surface area (Å²) < 4.78 is 66.3. The number of rotatable bonds is 7. The smallest absolute Gasteiger partial charge is 0.365 e. The van der Waals surface area contributed by atoms with Gasteiger partial charge in [0.15, 0.2) is 33.8 Å². The second-order valence-corrected chi connectivity index (χ2v) is 8.19. The number of imidazole rings is 1. The van der Waals surface area contributed by atoms with Crippen molar-refractivity contribution in [1.29, 1.82) is 0 Å². The van der Waals surface area contributed by atoms with Crippen LogP contribution < -0.4 is 5.32 Å². The molecule has 0 unspecified atom stereocenters. The molecule has 160 valence electrons. The molecule has 0 amide bonds. The van der Waals surface area contributed by atoms with Crippen molar-refractivity contribution in [3.05, 3.63) is 41.7 Å². The fourth-order valence-corrected chi connectivity index (χ4v) is 3.93. The van der Waals surface area contributed by atoms with Gasteiger partial charge in [0, 0.05) is 17.7 Å². The highest BCUT2D eigenvalue weighted by atomic mass is 32.2. The van der Waals surface area contributed by atoms with Crippen molar-refractivity contribution in [2.45, 2.75) is 49.6 Å². The molecular formula is C19H18F5N5S. The average molecular weight is 443 g/mol. The molecule has 1 N–H and O–H groups in total. The minimum absolute atomic E-state index is 0.0471. The van der Waals surface area contributed by atoms with Crippen LogP contribution in [0.15, 0.2) is 29.7 Å². The highest BCUT2D eigenvalue weighted by molar-refractivity contribution is 7.99. The first-order chi connectivity index (χ1) is 14.2. The lowest BCUT2D eigenvalue weighted by atomic mass is 10.1. The zero-order valence-electron chi connectivity index (χ0n) is 15.9. The Balaban J connectivity index is 1.61. The molecular weight excluding hydrogens is 425 g/mol. The standard InChI is InChI=1S/C19H18F5N5S/c1-2-5-30-18-27-16(15-17(28-18)29(9-25-15)8-19(22,23)24)26-14-7-11(14)10-3-4-12(20)13(21)6-10/h3-4,6,9,11,14H,2,5,7-8H2,1H3,(H,26,27,28)/t11-,14+/m0/s1. The zero-order valence-corrected chi connectivity index (χ0v) is 16.7. The molecule has 4 rings (SSSR count). The van der Waals surface area contributed by atoms with Gasteiger partial charge in [0.25, 0.3) is 0 Å². The van der Waals surface area contributed by atoms with E-state index in [1.54, 1.807) is 0 Å². The molecule has 2 heterocycles. The normalized spacial score (nSPS) is 18.7. The van der Waals surface area contributed by atoms with Crippen LogP contribution in [0, 0.1) is 11.6 Å². The highest BCUT2D eigenvalue weighted by Gasteiger charge is 2.40. The Kier molecular flexibility index (Phi) is 5.56. The largest absolute Gasteiger partial charge is 0.406 e. The third-order valence-corrected chi connectivity index (χ3v) is 5.77. The fourth-order valence-electron chi connectivity index (χ4n) is 3.23. The van der Waals surface area contributed by atoms with Gasteiger partial charge in [-0.1, -0.05) is 24.8 Å². The van der Waals surface area contributed by atoms with E-state index >= 15 is 0 Å². The summed E-state index contributed by atoms with van der Waals surface area (Å²) in [7, 11) is 0. The maximum absolute atomic E-state index is 13.5. The SMILES string of the molecule is CCCSc1nc(N[C@@H]2C[C@H]2c2ccc(F)c(F)c2)c2ncn(CC(F)(F)F)c2n1. The van der Waals surface area contributed by atoms with E-state index in [2.05, 4.69) is 20.3 Å². The number of anilines is 1. The first-order valence-corrected chi connectivity index (χ1v) is 10.4. The van der Waals surface area contributed by atoms with E-state index in [9.17, 15) is 22.0 Å². The molecule has 0 aliphatic heterocycles. The zero-order chi connectivity index (χ0) is 21.5. The predicted octanol–water partition coefficient (Wildman–Crippen LogP) is 5.14. The Hall–Kier alpha value is -2.43. The molecule has 0 saturated heterocycles. The first-order valence-electron chi connectivity index (χ1n) is 9.39. The summed E-state index contributed by atoms with van der Waals surface area (Å²) >= 11 is 1.35. The number of fused-ring (bicyclic) bond motifs is 1. The van der Waals surface area contributed by atoms with E-state index < -0.39 is 24.4 Å². The Labute approximate surface area is 173 Å². The number of aromatic nitrogens is 4. The number of nitrogens with one attached hydrogen (secondary N) is 1. The second kappa shape index (κ2) is 8.01. The number of benzene rings is 1. The molecule has 3 aromatic rings. The van der Waals surface area contributed by atoms with Gasteiger partial charge in [-0.3, -0.25) is 0 Å². The van der Waals surface area contributed by atoms with E-state index in [-0.39, 0.29) is 23.1 Å². The number of hydrogen-bond acceptors (Lipinski definition) is 5. The van der Waals surface area contributed by atoms with Crippen LogP contribution in [0.25, 0.3) is 11.2 Å². The van der Waals surface area contributed by atoms with Crippen molar-refractivity contribution in [2.75, 3.05) is 11.1 Å². The Morgan fingerprint density at radius 3 is 2.70 bits per heavy atom. The van der Waals surface area contributed by atoms with Gasteiger partial charge in [-0.05, 0) is 30.5 Å². The summed E-state index contributed by atoms with van der Waals surface area (Å²) in [5.41, 5.74) is 1.00. The summed E-state index contributed by atoms with van der Waals surface area (Å²) in [6, 6.07) is 3.67. The summed E-state index contributed by atoms with van der Waals surface area (Å²) in [4.78, 5) is 12.8. The lowest BCUT2D eigenvalue weighted by molar-refractivity contribution is -0.140. The molecule has 1 saturated carbocycles. The second-order valence-electron chi connectivity index (χ2n) is 7.13.